The second-order valence-electron chi connectivity index (χ2n) is 5.73. The lowest BCUT2D eigenvalue weighted by molar-refractivity contribution is 1.14. The second-order valence-corrected chi connectivity index (χ2v) is 10.9. The van der Waals surface area contributed by atoms with E-state index in [9.17, 15) is 0 Å². The molecule has 0 bridgehead atoms. The third-order valence-electron chi connectivity index (χ3n) is 4.85. The zero-order chi connectivity index (χ0) is 15.1. The van der Waals surface area contributed by atoms with Gasteiger partial charge in [-0.3, -0.25) is 0 Å². The van der Waals surface area contributed by atoms with Crippen LogP contribution in [0, 0.1) is 0 Å². The summed E-state index contributed by atoms with van der Waals surface area (Å²) < 4.78 is 0. The van der Waals surface area contributed by atoms with Gasteiger partial charge in [0, 0.05) is 12.2 Å². The number of hydrogen-bond donors (Lipinski definition) is 1. The van der Waals surface area contributed by atoms with Gasteiger partial charge in [-0.25, -0.2) is 0 Å². The highest BCUT2D eigenvalue weighted by Gasteiger charge is 2.31. The van der Waals surface area contributed by atoms with Crippen molar-refractivity contribution in [2.45, 2.75) is 45.4 Å². The molecule has 0 aliphatic carbocycles. The van der Waals surface area contributed by atoms with E-state index in [1.54, 1.807) is 5.19 Å². The minimum Gasteiger partial charge on any atom is -0.381 e. The van der Waals surface area contributed by atoms with Crippen LogP contribution in [0.4, 0.5) is 5.69 Å². The van der Waals surface area contributed by atoms with E-state index in [-0.39, 0.29) is 0 Å². The van der Waals surface area contributed by atoms with Gasteiger partial charge < -0.3 is 5.32 Å². The molecule has 0 saturated heterocycles. The van der Waals surface area contributed by atoms with Crippen molar-refractivity contribution in [3.63, 3.8) is 0 Å². The first-order chi connectivity index (χ1) is 10.3. The number of benzene rings is 2. The summed E-state index contributed by atoms with van der Waals surface area (Å²) in [5.41, 5.74) is 2.68. The number of para-hydroxylation sites is 1. The summed E-state index contributed by atoms with van der Waals surface area (Å²) in [6.45, 7) is 8.01. The average Bonchev–Trinajstić information content (AvgIpc) is 2.57. The van der Waals surface area contributed by atoms with E-state index in [1.165, 1.54) is 29.4 Å². The molecular formula is C19H27NSi. The molecule has 1 N–H and O–H groups in total. The summed E-state index contributed by atoms with van der Waals surface area (Å²) in [4.78, 5) is 0. The van der Waals surface area contributed by atoms with Crippen molar-refractivity contribution in [1.82, 2.24) is 0 Å². The predicted molar refractivity (Wildman–Crippen MR) is 97.0 cm³/mol. The van der Waals surface area contributed by atoms with Gasteiger partial charge in [-0.15, -0.1) is 0 Å². The molecule has 0 aliphatic rings. The lowest BCUT2D eigenvalue weighted by Gasteiger charge is -2.31. The second kappa shape index (κ2) is 7.46. The van der Waals surface area contributed by atoms with Gasteiger partial charge in [-0.05, 0) is 16.8 Å². The normalized spacial score (nSPS) is 11.4. The molecule has 0 aliphatic heterocycles. The van der Waals surface area contributed by atoms with Gasteiger partial charge in [0.05, 0.1) is 8.07 Å². The van der Waals surface area contributed by atoms with E-state index in [1.807, 2.05) is 0 Å². The SMILES string of the molecule is CC[Si](CC)(CC)c1ccccc1NCc1ccccc1. The zero-order valence-electron chi connectivity index (χ0n) is 13.5. The van der Waals surface area contributed by atoms with E-state index in [0.29, 0.717) is 0 Å². The molecule has 0 aromatic heterocycles. The number of nitrogens with one attached hydrogen (secondary N) is 1. The van der Waals surface area contributed by atoms with E-state index in [0.717, 1.165) is 6.54 Å². The third kappa shape index (κ3) is 3.56. The minimum atomic E-state index is -1.34. The van der Waals surface area contributed by atoms with Crippen LogP contribution in [0.25, 0.3) is 0 Å². The summed E-state index contributed by atoms with van der Waals surface area (Å²) >= 11 is 0. The zero-order valence-corrected chi connectivity index (χ0v) is 14.5. The summed E-state index contributed by atoms with van der Waals surface area (Å²) in [6, 6.07) is 23.6. The van der Waals surface area contributed by atoms with Crippen LogP contribution in [-0.4, -0.2) is 8.07 Å². The van der Waals surface area contributed by atoms with Crippen LogP contribution in [0.2, 0.25) is 18.1 Å². The molecule has 0 fully saturated rings. The van der Waals surface area contributed by atoms with Crippen molar-refractivity contribution in [2.24, 2.45) is 0 Å². The summed E-state index contributed by atoms with van der Waals surface area (Å²) in [5.74, 6) is 0. The van der Waals surface area contributed by atoms with Crippen molar-refractivity contribution < 1.29 is 0 Å². The Labute approximate surface area is 130 Å². The summed E-state index contributed by atoms with van der Waals surface area (Å²) in [7, 11) is -1.34. The molecule has 0 amide bonds. The molecule has 0 atom stereocenters. The van der Waals surface area contributed by atoms with Gasteiger partial charge >= 0.3 is 0 Å². The first-order valence-corrected chi connectivity index (χ1v) is 10.7. The van der Waals surface area contributed by atoms with Crippen LogP contribution >= 0.6 is 0 Å². The first-order valence-electron chi connectivity index (χ1n) is 8.13. The molecule has 0 radical (unpaired) electrons. The van der Waals surface area contributed by atoms with Gasteiger partial charge in [0.2, 0.25) is 0 Å². The van der Waals surface area contributed by atoms with Crippen molar-refractivity contribution >= 4 is 18.9 Å². The van der Waals surface area contributed by atoms with Crippen LogP contribution in [0.5, 0.6) is 0 Å². The lowest BCUT2D eigenvalue weighted by Crippen LogP contribution is -2.46. The smallest absolute Gasteiger partial charge is 0.0886 e. The monoisotopic (exact) mass is 297 g/mol. The van der Waals surface area contributed by atoms with Crippen LogP contribution in [-0.2, 0) is 6.54 Å². The number of anilines is 1. The molecule has 1 nitrogen and oxygen atoms in total. The van der Waals surface area contributed by atoms with E-state index >= 15 is 0 Å². The number of hydrogen-bond acceptors (Lipinski definition) is 1. The molecule has 0 unspecified atom stereocenters. The molecule has 21 heavy (non-hydrogen) atoms. The van der Waals surface area contributed by atoms with Crippen LogP contribution in [0.15, 0.2) is 54.6 Å². The van der Waals surface area contributed by atoms with Crippen LogP contribution in [0.1, 0.15) is 26.3 Å². The van der Waals surface area contributed by atoms with Crippen molar-refractivity contribution in [3.05, 3.63) is 60.2 Å². The fourth-order valence-corrected chi connectivity index (χ4v) is 7.05. The largest absolute Gasteiger partial charge is 0.381 e. The maximum atomic E-state index is 3.67. The Hall–Kier alpha value is -1.54. The first kappa shape index (κ1) is 15.8. The predicted octanol–water partition coefficient (Wildman–Crippen LogP) is 5.01. The summed E-state index contributed by atoms with van der Waals surface area (Å²) in [6.07, 6.45) is 0. The fourth-order valence-electron chi connectivity index (χ4n) is 3.21. The highest BCUT2D eigenvalue weighted by Crippen LogP contribution is 2.24. The van der Waals surface area contributed by atoms with Gasteiger partial charge in [0.15, 0.2) is 0 Å². The summed E-state index contributed by atoms with van der Waals surface area (Å²) in [5, 5.41) is 5.28. The lowest BCUT2D eigenvalue weighted by atomic mass is 10.2. The van der Waals surface area contributed by atoms with Gasteiger partial charge in [-0.2, -0.15) is 0 Å². The van der Waals surface area contributed by atoms with Crippen LogP contribution < -0.4 is 10.5 Å². The molecule has 0 heterocycles. The Bertz CT molecular complexity index is 538. The number of rotatable bonds is 7. The minimum absolute atomic E-state index is 0.902. The van der Waals surface area contributed by atoms with E-state index in [4.69, 9.17) is 0 Å². The van der Waals surface area contributed by atoms with Gasteiger partial charge in [0.1, 0.15) is 0 Å². The van der Waals surface area contributed by atoms with Gasteiger partial charge in [-0.1, -0.05) is 87.4 Å². The van der Waals surface area contributed by atoms with E-state index < -0.39 is 8.07 Å². The highest BCUT2D eigenvalue weighted by atomic mass is 28.3. The maximum Gasteiger partial charge on any atom is 0.0886 e. The molecule has 0 spiro atoms. The molecule has 0 saturated carbocycles. The van der Waals surface area contributed by atoms with Crippen molar-refractivity contribution in [1.29, 1.82) is 0 Å². The van der Waals surface area contributed by atoms with Gasteiger partial charge in [0.25, 0.3) is 0 Å². The molecule has 112 valence electrons. The fraction of sp³-hybridized carbons (Fsp3) is 0.368. The maximum absolute atomic E-state index is 3.67. The Morgan fingerprint density at radius 3 is 1.95 bits per heavy atom. The van der Waals surface area contributed by atoms with Crippen molar-refractivity contribution in [2.75, 3.05) is 5.32 Å². The average molecular weight is 298 g/mol. The standard InChI is InChI=1S/C19H27NSi/c1-4-21(5-2,6-3)19-15-11-10-14-18(19)20-16-17-12-8-7-9-13-17/h7-15,20H,4-6,16H2,1-3H3. The highest BCUT2D eigenvalue weighted by molar-refractivity contribution is 6.92. The quantitative estimate of drug-likeness (QED) is 0.708. The molecular weight excluding hydrogens is 270 g/mol. The Kier molecular flexibility index (Phi) is 5.63. The Balaban J connectivity index is 2.24. The van der Waals surface area contributed by atoms with Crippen molar-refractivity contribution in [3.8, 4) is 0 Å². The molecule has 2 aromatic carbocycles. The molecule has 2 rings (SSSR count). The molecule has 2 aromatic rings. The topological polar surface area (TPSA) is 12.0 Å². The third-order valence-corrected chi connectivity index (χ3v) is 10.5. The Morgan fingerprint density at radius 2 is 1.33 bits per heavy atom. The molecule has 2 heteroatoms. The van der Waals surface area contributed by atoms with Crippen LogP contribution in [0.3, 0.4) is 0 Å². The van der Waals surface area contributed by atoms with E-state index in [2.05, 4.69) is 80.7 Å². The Morgan fingerprint density at radius 1 is 0.762 bits per heavy atom.